The monoisotopic (exact) mass is 408 g/mol. The lowest BCUT2D eigenvalue weighted by Crippen LogP contribution is -2.20. The summed E-state index contributed by atoms with van der Waals surface area (Å²) in [5, 5.41) is 1.08. The molecule has 0 spiro atoms. The van der Waals surface area contributed by atoms with Crippen molar-refractivity contribution in [1.29, 1.82) is 0 Å². The predicted octanol–water partition coefficient (Wildman–Crippen LogP) is 5.10. The minimum Gasteiger partial charge on any atom is -0.380 e. The summed E-state index contributed by atoms with van der Waals surface area (Å²) < 4.78 is 8.51. The molecule has 1 amide bonds. The Morgan fingerprint density at radius 1 is 1.19 bits per heavy atom. The Hall–Kier alpha value is -1.66. The third-order valence-corrected chi connectivity index (χ3v) is 5.78. The maximum absolute atomic E-state index is 12.6. The quantitative estimate of drug-likeness (QED) is 0.551. The van der Waals surface area contributed by atoms with E-state index >= 15 is 0 Å². The summed E-state index contributed by atoms with van der Waals surface area (Å²) in [5.41, 5.74) is 2.33. The lowest BCUT2D eigenvalue weighted by atomic mass is 10.2. The second-order valence-electron chi connectivity index (χ2n) is 5.65. The first kappa shape index (κ1) is 19.1. The Morgan fingerprint density at radius 2 is 1.96 bits per heavy atom. The van der Waals surface area contributed by atoms with Crippen LogP contribution >= 0.6 is 34.5 Å². The van der Waals surface area contributed by atoms with Crippen LogP contribution in [0.2, 0.25) is 10.0 Å². The number of thiazole rings is 1. The summed E-state index contributed by atoms with van der Waals surface area (Å²) in [6.07, 6.45) is 0. The first-order valence-electron chi connectivity index (χ1n) is 8.22. The zero-order valence-corrected chi connectivity index (χ0v) is 16.8. The average molecular weight is 409 g/mol. The summed E-state index contributed by atoms with van der Waals surface area (Å²) in [7, 11) is 0. The Labute approximate surface area is 165 Å². The highest BCUT2D eigenvalue weighted by Crippen LogP contribution is 2.27. The number of aromatic nitrogens is 1. The van der Waals surface area contributed by atoms with Gasteiger partial charge in [-0.15, -0.1) is 0 Å². The fourth-order valence-electron chi connectivity index (χ4n) is 2.69. The van der Waals surface area contributed by atoms with E-state index in [0.717, 1.165) is 15.8 Å². The topological polar surface area (TPSA) is 43.6 Å². The molecule has 0 fully saturated rings. The molecule has 0 aliphatic carbocycles. The number of nitrogens with zero attached hydrogens (tertiary/aromatic N) is 2. The van der Waals surface area contributed by atoms with Crippen LogP contribution in [-0.4, -0.2) is 23.7 Å². The van der Waals surface area contributed by atoms with Crippen LogP contribution in [0.25, 0.3) is 10.2 Å². The predicted molar refractivity (Wildman–Crippen MR) is 107 cm³/mol. The van der Waals surface area contributed by atoms with Gasteiger partial charge in [-0.3, -0.25) is 4.79 Å². The van der Waals surface area contributed by atoms with E-state index in [1.165, 1.54) is 11.3 Å². The highest BCUT2D eigenvalue weighted by Gasteiger charge is 2.14. The molecule has 0 N–H and O–H groups in total. The average Bonchev–Trinajstić information content (AvgIpc) is 2.97. The van der Waals surface area contributed by atoms with Gasteiger partial charge in [-0.25, -0.2) is 0 Å². The Kier molecular flexibility index (Phi) is 6.14. The number of carbonyl (C=O) groups excluding carboxylic acids is 1. The van der Waals surface area contributed by atoms with Crippen LogP contribution in [0.5, 0.6) is 0 Å². The van der Waals surface area contributed by atoms with Crippen molar-refractivity contribution >= 4 is 50.7 Å². The van der Waals surface area contributed by atoms with E-state index in [9.17, 15) is 4.79 Å². The third-order valence-electron chi connectivity index (χ3n) is 3.99. The number of benzene rings is 2. The number of rotatable bonds is 5. The Balaban J connectivity index is 2.15. The second-order valence-corrected chi connectivity index (χ2v) is 7.47. The fourth-order valence-corrected chi connectivity index (χ4v) is 4.17. The number of carbonyl (C=O) groups is 1. The van der Waals surface area contributed by atoms with Gasteiger partial charge in [0.15, 0.2) is 4.80 Å². The largest absolute Gasteiger partial charge is 0.380 e. The molecule has 7 heteroatoms. The van der Waals surface area contributed by atoms with Gasteiger partial charge in [-0.05, 0) is 43.7 Å². The molecule has 0 aliphatic heterocycles. The zero-order valence-electron chi connectivity index (χ0n) is 14.5. The molecule has 0 atom stereocenters. The number of hydrogen-bond donors (Lipinski definition) is 0. The third kappa shape index (κ3) is 3.86. The molecule has 2 aromatic carbocycles. The van der Waals surface area contributed by atoms with E-state index in [1.807, 2.05) is 30.5 Å². The molecule has 0 aliphatic rings. The van der Waals surface area contributed by atoms with Gasteiger partial charge in [-0.1, -0.05) is 46.7 Å². The summed E-state index contributed by atoms with van der Waals surface area (Å²) in [6, 6.07) is 10.7. The molecular formula is C19H18Cl2N2O2S. The lowest BCUT2D eigenvalue weighted by molar-refractivity contribution is 0.0997. The SMILES string of the molecule is CCOCCn1c(=NC(=O)c2ccccc2Cl)sc2ccc(Cl)c(C)c21. The van der Waals surface area contributed by atoms with Crippen molar-refractivity contribution < 1.29 is 9.53 Å². The van der Waals surface area contributed by atoms with Crippen molar-refractivity contribution in [2.75, 3.05) is 13.2 Å². The van der Waals surface area contributed by atoms with Crippen molar-refractivity contribution in [3.63, 3.8) is 0 Å². The summed E-state index contributed by atoms with van der Waals surface area (Å²) >= 11 is 13.9. The zero-order chi connectivity index (χ0) is 18.7. The van der Waals surface area contributed by atoms with Crippen LogP contribution in [0.1, 0.15) is 22.8 Å². The highest BCUT2D eigenvalue weighted by atomic mass is 35.5. The second kappa shape index (κ2) is 8.35. The minimum atomic E-state index is -0.365. The normalized spacial score (nSPS) is 12.1. The number of halogens is 2. The molecule has 3 aromatic rings. The van der Waals surface area contributed by atoms with E-state index in [2.05, 4.69) is 4.99 Å². The van der Waals surface area contributed by atoms with E-state index in [0.29, 0.717) is 40.2 Å². The molecular weight excluding hydrogens is 391 g/mol. The van der Waals surface area contributed by atoms with Crippen molar-refractivity contribution in [2.24, 2.45) is 4.99 Å². The maximum Gasteiger partial charge on any atom is 0.281 e. The molecule has 1 aromatic heterocycles. The van der Waals surface area contributed by atoms with Gasteiger partial charge in [0, 0.05) is 18.2 Å². The number of ether oxygens (including phenoxy) is 1. The Bertz CT molecular complexity index is 1020. The van der Waals surface area contributed by atoms with Crippen LogP contribution in [-0.2, 0) is 11.3 Å². The fraction of sp³-hybridized carbons (Fsp3) is 0.263. The molecule has 136 valence electrons. The molecule has 0 bridgehead atoms. The molecule has 26 heavy (non-hydrogen) atoms. The van der Waals surface area contributed by atoms with Crippen molar-refractivity contribution in [1.82, 2.24) is 4.57 Å². The van der Waals surface area contributed by atoms with Gasteiger partial charge >= 0.3 is 0 Å². The van der Waals surface area contributed by atoms with Gasteiger partial charge in [0.2, 0.25) is 0 Å². The summed E-state index contributed by atoms with van der Waals surface area (Å²) in [4.78, 5) is 17.6. The molecule has 3 rings (SSSR count). The summed E-state index contributed by atoms with van der Waals surface area (Å²) in [6.45, 7) is 5.66. The number of fused-ring (bicyclic) bond motifs is 1. The van der Waals surface area contributed by atoms with E-state index in [1.54, 1.807) is 24.3 Å². The molecule has 0 radical (unpaired) electrons. The van der Waals surface area contributed by atoms with E-state index < -0.39 is 0 Å². The van der Waals surface area contributed by atoms with Crippen LogP contribution in [0.15, 0.2) is 41.4 Å². The molecule has 0 saturated carbocycles. The van der Waals surface area contributed by atoms with Gasteiger partial charge in [0.25, 0.3) is 5.91 Å². The van der Waals surface area contributed by atoms with Crippen molar-refractivity contribution in [3.8, 4) is 0 Å². The van der Waals surface area contributed by atoms with Crippen LogP contribution in [0.3, 0.4) is 0 Å². The van der Waals surface area contributed by atoms with Crippen LogP contribution in [0.4, 0.5) is 0 Å². The maximum atomic E-state index is 12.6. The first-order valence-corrected chi connectivity index (χ1v) is 9.80. The van der Waals surface area contributed by atoms with Gasteiger partial charge in [-0.2, -0.15) is 4.99 Å². The first-order chi connectivity index (χ1) is 12.5. The van der Waals surface area contributed by atoms with Crippen LogP contribution in [0, 0.1) is 6.92 Å². The Morgan fingerprint density at radius 3 is 2.69 bits per heavy atom. The smallest absolute Gasteiger partial charge is 0.281 e. The summed E-state index contributed by atoms with van der Waals surface area (Å²) in [5.74, 6) is -0.365. The number of aryl methyl sites for hydroxylation is 1. The van der Waals surface area contributed by atoms with Gasteiger partial charge < -0.3 is 9.30 Å². The molecule has 1 heterocycles. The molecule has 4 nitrogen and oxygen atoms in total. The van der Waals surface area contributed by atoms with Crippen molar-refractivity contribution in [3.05, 3.63) is 62.4 Å². The minimum absolute atomic E-state index is 0.365. The van der Waals surface area contributed by atoms with Gasteiger partial charge in [0.05, 0.1) is 27.4 Å². The van der Waals surface area contributed by atoms with E-state index in [-0.39, 0.29) is 5.91 Å². The van der Waals surface area contributed by atoms with Crippen LogP contribution < -0.4 is 4.80 Å². The standard InChI is InChI=1S/C19H18Cl2N2O2S/c1-3-25-11-10-23-17-12(2)14(20)8-9-16(17)26-19(23)22-18(24)13-6-4-5-7-15(13)21/h4-9H,3,10-11H2,1-2H3. The highest BCUT2D eigenvalue weighted by molar-refractivity contribution is 7.16. The number of amides is 1. The molecule has 0 unspecified atom stereocenters. The van der Waals surface area contributed by atoms with Gasteiger partial charge in [0.1, 0.15) is 0 Å². The molecule has 0 saturated heterocycles. The number of hydrogen-bond acceptors (Lipinski definition) is 3. The van der Waals surface area contributed by atoms with E-state index in [4.69, 9.17) is 27.9 Å². The van der Waals surface area contributed by atoms with Crippen molar-refractivity contribution in [2.45, 2.75) is 20.4 Å². The lowest BCUT2D eigenvalue weighted by Gasteiger charge is -2.08.